The van der Waals surface area contributed by atoms with Gasteiger partial charge in [0.1, 0.15) is 0 Å². The zero-order valence-corrected chi connectivity index (χ0v) is 15.6. The predicted molar refractivity (Wildman–Crippen MR) is 110 cm³/mol. The number of thioether (sulfide) groups is 1. The van der Waals surface area contributed by atoms with Crippen LogP contribution >= 0.6 is 11.8 Å². The van der Waals surface area contributed by atoms with Gasteiger partial charge in [0.25, 0.3) is 0 Å². The van der Waals surface area contributed by atoms with Crippen molar-refractivity contribution < 1.29 is 0 Å². The summed E-state index contributed by atoms with van der Waals surface area (Å²) < 4.78 is 0. The molecule has 0 unspecified atom stereocenters. The van der Waals surface area contributed by atoms with Crippen molar-refractivity contribution in [1.82, 2.24) is 0 Å². The molecule has 0 N–H and O–H groups in total. The number of hydrogen-bond donors (Lipinski definition) is 0. The maximum absolute atomic E-state index is 2.43. The van der Waals surface area contributed by atoms with Crippen LogP contribution in [0.3, 0.4) is 0 Å². The summed E-state index contributed by atoms with van der Waals surface area (Å²) in [5.74, 6) is 0. The first-order valence-electron chi connectivity index (χ1n) is 9.15. The molecule has 0 bridgehead atoms. The highest BCUT2D eigenvalue weighted by Crippen LogP contribution is 2.47. The van der Waals surface area contributed by atoms with Gasteiger partial charge in [-0.2, -0.15) is 0 Å². The van der Waals surface area contributed by atoms with Crippen LogP contribution in [0.15, 0.2) is 83.3 Å². The smallest absolute Gasteiger partial charge is 0.0379 e. The lowest BCUT2D eigenvalue weighted by Crippen LogP contribution is -1.93. The van der Waals surface area contributed by atoms with Gasteiger partial charge in [0.2, 0.25) is 0 Å². The summed E-state index contributed by atoms with van der Waals surface area (Å²) in [7, 11) is 0. The van der Waals surface area contributed by atoms with Crippen molar-refractivity contribution in [3.05, 3.63) is 106 Å². The van der Waals surface area contributed by atoms with Gasteiger partial charge in [0.05, 0.1) is 0 Å². The van der Waals surface area contributed by atoms with Crippen LogP contribution < -0.4 is 0 Å². The minimum atomic E-state index is 0.579. The van der Waals surface area contributed by atoms with E-state index in [2.05, 4.69) is 79.8 Å². The third kappa shape index (κ3) is 3.99. The molecule has 2 aliphatic rings. The van der Waals surface area contributed by atoms with Crippen LogP contribution in [0.5, 0.6) is 0 Å². The Balaban J connectivity index is 1.40. The maximum Gasteiger partial charge on any atom is 0.0379 e. The molecule has 126 valence electrons. The molecule has 0 nitrogen and oxygen atoms in total. The Bertz CT molecular complexity index is 819. The molecule has 1 heteroatoms. The van der Waals surface area contributed by atoms with Gasteiger partial charge in [-0.1, -0.05) is 78.4 Å². The first kappa shape index (κ1) is 16.5. The number of rotatable bonds is 4. The van der Waals surface area contributed by atoms with Crippen LogP contribution in [-0.2, 0) is 6.42 Å². The zero-order chi connectivity index (χ0) is 17.1. The maximum atomic E-state index is 2.43. The number of hydrogen-bond acceptors (Lipinski definition) is 1. The third-order valence-corrected chi connectivity index (χ3v) is 6.43. The molecule has 1 heterocycles. The second-order valence-corrected chi connectivity index (χ2v) is 8.22. The Morgan fingerprint density at radius 2 is 1.68 bits per heavy atom. The van der Waals surface area contributed by atoms with Crippen molar-refractivity contribution in [3.63, 3.8) is 0 Å². The van der Waals surface area contributed by atoms with E-state index in [1.165, 1.54) is 45.6 Å². The lowest BCUT2D eigenvalue weighted by molar-refractivity contribution is 0.976. The quantitative estimate of drug-likeness (QED) is 0.580. The molecule has 1 aliphatic carbocycles. The van der Waals surface area contributed by atoms with E-state index in [4.69, 9.17) is 0 Å². The standard InChI is InChI=1S/C24H24S/c1-18-7-9-19(10-8-18)17-20-11-13-22(14-12-20)24-16-15-23(25-24)21-5-3-2-4-6-21/h2-3,5,7-15,24H,4,6,16-17H2,1H3/t24-/m0/s1. The SMILES string of the molecule is Cc1ccc(Cc2ccc([C@@H]3CC=C(C4=CC=CCC4)S3)cc2)cc1. The van der Waals surface area contributed by atoms with Gasteiger partial charge in [0.15, 0.2) is 0 Å². The molecule has 0 radical (unpaired) electrons. The molecule has 4 rings (SSSR count). The molecule has 0 amide bonds. The molecule has 1 aliphatic heterocycles. The van der Waals surface area contributed by atoms with E-state index >= 15 is 0 Å². The van der Waals surface area contributed by atoms with Gasteiger partial charge in [-0.25, -0.2) is 0 Å². The Morgan fingerprint density at radius 1 is 0.960 bits per heavy atom. The molecule has 0 saturated carbocycles. The Morgan fingerprint density at radius 3 is 2.36 bits per heavy atom. The van der Waals surface area contributed by atoms with E-state index in [0.717, 1.165) is 12.8 Å². The van der Waals surface area contributed by atoms with Crippen molar-refractivity contribution in [2.24, 2.45) is 0 Å². The monoisotopic (exact) mass is 344 g/mol. The van der Waals surface area contributed by atoms with E-state index in [-0.39, 0.29) is 0 Å². The molecule has 2 aromatic rings. The lowest BCUT2D eigenvalue weighted by Gasteiger charge is -2.14. The third-order valence-electron chi connectivity index (χ3n) is 5.00. The van der Waals surface area contributed by atoms with E-state index < -0.39 is 0 Å². The molecule has 0 aromatic heterocycles. The summed E-state index contributed by atoms with van der Waals surface area (Å²) >= 11 is 2.04. The average Bonchev–Trinajstić information content (AvgIpc) is 3.15. The molecular weight excluding hydrogens is 320 g/mol. The topological polar surface area (TPSA) is 0 Å². The molecule has 0 spiro atoms. The summed E-state index contributed by atoms with van der Waals surface area (Å²) in [6.07, 6.45) is 13.7. The van der Waals surface area contributed by atoms with Gasteiger partial charge in [-0.3, -0.25) is 0 Å². The van der Waals surface area contributed by atoms with Crippen LogP contribution in [0, 0.1) is 6.92 Å². The second-order valence-electron chi connectivity index (χ2n) is 6.97. The first-order chi connectivity index (χ1) is 12.3. The zero-order valence-electron chi connectivity index (χ0n) is 14.7. The van der Waals surface area contributed by atoms with Crippen molar-refractivity contribution in [3.8, 4) is 0 Å². The Labute approximate surface area is 155 Å². The van der Waals surface area contributed by atoms with Gasteiger partial charge in [0, 0.05) is 10.2 Å². The largest absolute Gasteiger partial charge is 0.118 e. The molecule has 2 aromatic carbocycles. The summed E-state index contributed by atoms with van der Waals surface area (Å²) in [6.45, 7) is 2.14. The highest BCUT2D eigenvalue weighted by atomic mass is 32.2. The normalized spacial score (nSPS) is 19.6. The van der Waals surface area contributed by atoms with E-state index in [9.17, 15) is 0 Å². The van der Waals surface area contributed by atoms with Crippen molar-refractivity contribution in [2.45, 2.75) is 37.9 Å². The minimum absolute atomic E-state index is 0.579. The number of allylic oxidation sites excluding steroid dienone is 5. The van der Waals surface area contributed by atoms with Crippen LogP contribution in [0.25, 0.3) is 0 Å². The summed E-state index contributed by atoms with van der Waals surface area (Å²) in [4.78, 5) is 1.50. The Hall–Kier alpha value is -1.99. The fraction of sp³-hybridized carbons (Fsp3) is 0.250. The van der Waals surface area contributed by atoms with E-state index in [1.54, 1.807) is 0 Å². The molecule has 0 fully saturated rings. The van der Waals surface area contributed by atoms with Gasteiger partial charge in [-0.05, 0) is 54.9 Å². The minimum Gasteiger partial charge on any atom is -0.118 e. The van der Waals surface area contributed by atoms with Crippen LogP contribution in [0.2, 0.25) is 0 Å². The fourth-order valence-electron chi connectivity index (χ4n) is 3.47. The van der Waals surface area contributed by atoms with E-state index in [1.807, 2.05) is 11.8 Å². The molecule has 1 atom stereocenters. The molecule has 25 heavy (non-hydrogen) atoms. The molecular formula is C24H24S. The summed E-state index contributed by atoms with van der Waals surface area (Å²) in [5, 5.41) is 0.579. The van der Waals surface area contributed by atoms with Crippen LogP contribution in [0.1, 0.15) is 46.8 Å². The van der Waals surface area contributed by atoms with E-state index in [0.29, 0.717) is 5.25 Å². The molecule has 0 saturated heterocycles. The second kappa shape index (κ2) is 7.49. The van der Waals surface area contributed by atoms with Crippen molar-refractivity contribution in [1.29, 1.82) is 0 Å². The lowest BCUT2D eigenvalue weighted by atomic mass is 10.0. The Kier molecular flexibility index (Phi) is 4.94. The van der Waals surface area contributed by atoms with Gasteiger partial charge < -0.3 is 0 Å². The number of aryl methyl sites for hydroxylation is 1. The number of benzene rings is 2. The van der Waals surface area contributed by atoms with Crippen molar-refractivity contribution >= 4 is 11.8 Å². The fourth-order valence-corrected chi connectivity index (χ4v) is 4.78. The summed E-state index contributed by atoms with van der Waals surface area (Å²) in [6, 6.07) is 18.1. The van der Waals surface area contributed by atoms with Crippen LogP contribution in [0.4, 0.5) is 0 Å². The first-order valence-corrected chi connectivity index (χ1v) is 10.0. The highest BCUT2D eigenvalue weighted by Gasteiger charge is 2.21. The summed E-state index contributed by atoms with van der Waals surface area (Å²) in [5.41, 5.74) is 7.07. The highest BCUT2D eigenvalue weighted by molar-refractivity contribution is 8.03. The average molecular weight is 345 g/mol. The van der Waals surface area contributed by atoms with Gasteiger partial charge >= 0.3 is 0 Å². The predicted octanol–water partition coefficient (Wildman–Crippen LogP) is 6.92. The van der Waals surface area contributed by atoms with Crippen LogP contribution in [-0.4, -0.2) is 0 Å². The van der Waals surface area contributed by atoms with Gasteiger partial charge in [-0.15, -0.1) is 11.8 Å². The van der Waals surface area contributed by atoms with Crippen molar-refractivity contribution in [2.75, 3.05) is 0 Å².